The standard InChI is InChI=1S/C16H27N3O2/c1-12(14-7-6-9-17-14)18(5)13-8-10-19(11-13)15(20)21-16(2,3)4/h6-7,9,12-13,17H,8,10-11H2,1-5H3. The SMILES string of the molecule is CC(c1ccc[nH]1)N(C)C1CCN(C(=O)OC(C)(C)C)C1. The third-order valence-corrected chi connectivity index (χ3v) is 4.07. The Morgan fingerprint density at radius 3 is 2.81 bits per heavy atom. The highest BCUT2D eigenvalue weighted by Crippen LogP contribution is 2.25. The minimum atomic E-state index is -0.432. The molecule has 21 heavy (non-hydrogen) atoms. The number of nitrogens with one attached hydrogen (secondary N) is 1. The first-order valence-corrected chi connectivity index (χ1v) is 7.61. The van der Waals surface area contributed by atoms with Gasteiger partial charge in [0.1, 0.15) is 5.60 Å². The van der Waals surface area contributed by atoms with Crippen molar-refractivity contribution < 1.29 is 9.53 Å². The third kappa shape index (κ3) is 4.00. The van der Waals surface area contributed by atoms with Crippen LogP contribution in [0.5, 0.6) is 0 Å². The van der Waals surface area contributed by atoms with E-state index >= 15 is 0 Å². The molecular weight excluding hydrogens is 266 g/mol. The van der Waals surface area contributed by atoms with Gasteiger partial charge >= 0.3 is 6.09 Å². The van der Waals surface area contributed by atoms with Crippen LogP contribution in [0.15, 0.2) is 18.3 Å². The second-order valence-corrected chi connectivity index (χ2v) is 6.84. The minimum absolute atomic E-state index is 0.203. The van der Waals surface area contributed by atoms with Crippen molar-refractivity contribution in [3.63, 3.8) is 0 Å². The van der Waals surface area contributed by atoms with Crippen LogP contribution in [0.2, 0.25) is 0 Å². The van der Waals surface area contributed by atoms with Gasteiger partial charge < -0.3 is 14.6 Å². The summed E-state index contributed by atoms with van der Waals surface area (Å²) in [6, 6.07) is 4.79. The molecule has 2 unspecified atom stereocenters. The van der Waals surface area contributed by atoms with Crippen LogP contribution in [0, 0.1) is 0 Å². The molecule has 118 valence electrons. The molecule has 1 aromatic heterocycles. The van der Waals surface area contributed by atoms with Gasteiger partial charge in [-0.25, -0.2) is 4.79 Å². The maximum absolute atomic E-state index is 12.1. The largest absolute Gasteiger partial charge is 0.444 e. The van der Waals surface area contributed by atoms with E-state index in [1.54, 1.807) is 0 Å². The molecule has 1 aliphatic heterocycles. The molecule has 1 saturated heterocycles. The maximum atomic E-state index is 12.1. The zero-order valence-electron chi connectivity index (χ0n) is 13.7. The van der Waals surface area contributed by atoms with E-state index in [4.69, 9.17) is 4.74 Å². The molecule has 0 radical (unpaired) electrons. The Labute approximate surface area is 127 Å². The van der Waals surface area contributed by atoms with Crippen LogP contribution in [0.1, 0.15) is 45.9 Å². The number of amides is 1. The van der Waals surface area contributed by atoms with Crippen molar-refractivity contribution in [1.29, 1.82) is 0 Å². The van der Waals surface area contributed by atoms with E-state index in [1.807, 2.05) is 37.9 Å². The van der Waals surface area contributed by atoms with Gasteiger partial charge in [0.2, 0.25) is 0 Å². The van der Waals surface area contributed by atoms with Crippen LogP contribution >= 0.6 is 0 Å². The lowest BCUT2D eigenvalue weighted by molar-refractivity contribution is 0.0278. The molecule has 0 bridgehead atoms. The van der Waals surface area contributed by atoms with Crippen molar-refractivity contribution in [3.05, 3.63) is 24.0 Å². The lowest BCUT2D eigenvalue weighted by atomic mass is 10.1. The van der Waals surface area contributed by atoms with Gasteiger partial charge in [0.05, 0.1) is 0 Å². The number of ether oxygens (including phenoxy) is 1. The van der Waals surface area contributed by atoms with Crippen LogP contribution in [0.4, 0.5) is 4.79 Å². The number of hydrogen-bond donors (Lipinski definition) is 1. The Morgan fingerprint density at radius 2 is 2.24 bits per heavy atom. The van der Waals surface area contributed by atoms with Crippen molar-refractivity contribution in [1.82, 2.24) is 14.8 Å². The lowest BCUT2D eigenvalue weighted by Crippen LogP contribution is -2.39. The molecule has 2 rings (SSSR count). The lowest BCUT2D eigenvalue weighted by Gasteiger charge is -2.30. The molecule has 1 amide bonds. The first-order valence-electron chi connectivity index (χ1n) is 7.61. The number of nitrogens with zero attached hydrogens (tertiary/aromatic N) is 2. The predicted molar refractivity (Wildman–Crippen MR) is 83.2 cm³/mol. The van der Waals surface area contributed by atoms with Gasteiger partial charge in [-0.15, -0.1) is 0 Å². The predicted octanol–water partition coefficient (Wildman–Crippen LogP) is 3.02. The molecule has 0 aromatic carbocycles. The average Bonchev–Trinajstić information content (AvgIpc) is 3.06. The Balaban J connectivity index is 1.91. The normalized spacial score (nSPS) is 20.9. The number of aromatic nitrogens is 1. The Hall–Kier alpha value is -1.49. The topological polar surface area (TPSA) is 48.6 Å². The zero-order valence-corrected chi connectivity index (χ0v) is 13.7. The minimum Gasteiger partial charge on any atom is -0.444 e. The average molecular weight is 293 g/mol. The zero-order chi connectivity index (χ0) is 15.6. The molecule has 5 heteroatoms. The number of aromatic amines is 1. The summed E-state index contributed by atoms with van der Waals surface area (Å²) in [5.41, 5.74) is 0.770. The number of rotatable bonds is 3. The molecule has 0 aliphatic carbocycles. The molecule has 1 fully saturated rings. The second-order valence-electron chi connectivity index (χ2n) is 6.84. The van der Waals surface area contributed by atoms with E-state index < -0.39 is 5.60 Å². The second kappa shape index (κ2) is 6.10. The highest BCUT2D eigenvalue weighted by atomic mass is 16.6. The molecule has 0 saturated carbocycles. The first-order chi connectivity index (χ1) is 9.78. The third-order valence-electron chi connectivity index (χ3n) is 4.07. The van der Waals surface area contributed by atoms with Crippen molar-refractivity contribution in [2.24, 2.45) is 0 Å². The van der Waals surface area contributed by atoms with Crippen LogP contribution in [-0.2, 0) is 4.74 Å². The summed E-state index contributed by atoms with van der Waals surface area (Å²) < 4.78 is 5.44. The van der Waals surface area contributed by atoms with E-state index in [0.717, 1.165) is 19.5 Å². The summed E-state index contributed by atoms with van der Waals surface area (Å²) in [5, 5.41) is 0. The summed E-state index contributed by atoms with van der Waals surface area (Å²) in [7, 11) is 2.12. The summed E-state index contributed by atoms with van der Waals surface area (Å²) in [6.45, 7) is 9.38. The van der Waals surface area contributed by atoms with Crippen molar-refractivity contribution in [3.8, 4) is 0 Å². The molecule has 0 spiro atoms. The monoisotopic (exact) mass is 293 g/mol. The number of likely N-dealkylation sites (tertiary alicyclic amines) is 1. The first kappa shape index (κ1) is 15.9. The molecule has 1 N–H and O–H groups in total. The van der Waals surface area contributed by atoms with Gasteiger partial charge in [0.25, 0.3) is 0 Å². The Morgan fingerprint density at radius 1 is 1.52 bits per heavy atom. The number of likely N-dealkylation sites (N-methyl/N-ethyl adjacent to an activating group) is 1. The number of carbonyl (C=O) groups excluding carboxylic acids is 1. The van der Waals surface area contributed by atoms with Gasteiger partial charge in [-0.1, -0.05) is 0 Å². The summed E-state index contributed by atoms with van der Waals surface area (Å²) in [6.07, 6.45) is 2.73. The van der Waals surface area contributed by atoms with Crippen molar-refractivity contribution in [2.45, 2.75) is 51.8 Å². The highest BCUT2D eigenvalue weighted by molar-refractivity contribution is 5.68. The number of carbonyl (C=O) groups is 1. The molecule has 5 nitrogen and oxygen atoms in total. The quantitative estimate of drug-likeness (QED) is 0.932. The van der Waals surface area contributed by atoms with Gasteiger partial charge in [-0.05, 0) is 53.3 Å². The van der Waals surface area contributed by atoms with Crippen LogP contribution in [0.25, 0.3) is 0 Å². The fourth-order valence-corrected chi connectivity index (χ4v) is 2.71. The summed E-state index contributed by atoms with van der Waals surface area (Å²) in [5.74, 6) is 0. The van der Waals surface area contributed by atoms with Crippen LogP contribution in [-0.4, -0.2) is 52.7 Å². The molecule has 2 heterocycles. The van der Waals surface area contributed by atoms with Gasteiger partial charge in [-0.2, -0.15) is 0 Å². The summed E-state index contributed by atoms with van der Waals surface area (Å²) in [4.78, 5) is 19.5. The summed E-state index contributed by atoms with van der Waals surface area (Å²) >= 11 is 0. The Kier molecular flexibility index (Phi) is 4.61. The smallest absolute Gasteiger partial charge is 0.410 e. The van der Waals surface area contributed by atoms with Crippen LogP contribution < -0.4 is 0 Å². The van der Waals surface area contributed by atoms with E-state index in [1.165, 1.54) is 5.69 Å². The fraction of sp³-hybridized carbons (Fsp3) is 0.688. The number of hydrogen-bond acceptors (Lipinski definition) is 3. The van der Waals surface area contributed by atoms with Crippen LogP contribution in [0.3, 0.4) is 0 Å². The van der Waals surface area contributed by atoms with E-state index in [0.29, 0.717) is 12.1 Å². The van der Waals surface area contributed by atoms with E-state index in [-0.39, 0.29) is 6.09 Å². The van der Waals surface area contributed by atoms with Crippen molar-refractivity contribution >= 4 is 6.09 Å². The van der Waals surface area contributed by atoms with Gasteiger partial charge in [0.15, 0.2) is 0 Å². The van der Waals surface area contributed by atoms with Gasteiger partial charge in [-0.3, -0.25) is 4.90 Å². The molecule has 1 aromatic rings. The van der Waals surface area contributed by atoms with Crippen molar-refractivity contribution in [2.75, 3.05) is 20.1 Å². The fourth-order valence-electron chi connectivity index (χ4n) is 2.71. The van der Waals surface area contributed by atoms with Gasteiger partial charge in [0, 0.05) is 37.1 Å². The molecular formula is C16H27N3O2. The van der Waals surface area contributed by atoms with E-state index in [2.05, 4.69) is 29.9 Å². The maximum Gasteiger partial charge on any atom is 0.410 e. The molecule has 1 aliphatic rings. The number of H-pyrrole nitrogens is 1. The molecule has 2 atom stereocenters. The highest BCUT2D eigenvalue weighted by Gasteiger charge is 2.33. The van der Waals surface area contributed by atoms with E-state index in [9.17, 15) is 4.79 Å². The Bertz CT molecular complexity index is 464.